The smallest absolute Gasteiger partial charge is 0.335 e. The summed E-state index contributed by atoms with van der Waals surface area (Å²) >= 11 is 3.49. The molecule has 4 amide bonds. The second-order valence-electron chi connectivity index (χ2n) is 8.44. The highest BCUT2D eigenvalue weighted by molar-refractivity contribution is 9.10. The molecule has 0 aromatic heterocycles. The predicted molar refractivity (Wildman–Crippen MR) is 144 cm³/mol. The van der Waals surface area contributed by atoms with Crippen LogP contribution in [0, 0.1) is 5.82 Å². The number of nitrogens with zero attached hydrogens (tertiary/aromatic N) is 1. The fourth-order valence-electron chi connectivity index (χ4n) is 4.10. The highest BCUT2D eigenvalue weighted by Gasteiger charge is 2.36. The number of carbonyl (C=O) groups is 3. The highest BCUT2D eigenvalue weighted by atomic mass is 79.9. The van der Waals surface area contributed by atoms with E-state index in [-0.39, 0.29) is 17.9 Å². The van der Waals surface area contributed by atoms with E-state index >= 15 is 0 Å². The molecular weight excluding hydrogens is 555 g/mol. The maximum absolute atomic E-state index is 13.3. The number of carbonyl (C=O) groups excluding carboxylic acids is 3. The number of halogens is 2. The predicted octanol–water partition coefficient (Wildman–Crippen LogP) is 6.00. The number of methoxy groups -OCH3 is 1. The van der Waals surface area contributed by atoms with Crippen LogP contribution >= 0.6 is 15.9 Å². The number of barbiturate groups is 1. The molecule has 5 rings (SSSR count). The molecule has 0 atom stereocenters. The lowest BCUT2D eigenvalue weighted by Crippen LogP contribution is -2.54. The standard InChI is InChI=1S/C29H20BrFN2O5/c1-37-25-15-18(13-23-27(34)32-29(36)33(28(23)35)22-10-8-21(31)9-11-22)14-24(30)26(25)38-16-17-6-7-19-4-2-3-5-20(19)12-17/h2-15H,16H2,1H3,(H,32,34,36)/b23-13+. The average Bonchev–Trinajstić information content (AvgIpc) is 2.91. The van der Waals surface area contributed by atoms with Crippen molar-refractivity contribution in [2.45, 2.75) is 6.61 Å². The summed E-state index contributed by atoms with van der Waals surface area (Å²) in [5.41, 5.74) is 1.29. The number of hydrogen-bond acceptors (Lipinski definition) is 5. The Balaban J connectivity index is 1.42. The zero-order valence-corrected chi connectivity index (χ0v) is 21.6. The second kappa shape index (κ2) is 10.5. The van der Waals surface area contributed by atoms with Crippen molar-refractivity contribution in [2.75, 3.05) is 12.0 Å². The monoisotopic (exact) mass is 574 g/mol. The number of imide groups is 2. The minimum atomic E-state index is -0.917. The first kappa shape index (κ1) is 25.2. The summed E-state index contributed by atoms with van der Waals surface area (Å²) in [6.45, 7) is 0.288. The van der Waals surface area contributed by atoms with Crippen molar-refractivity contribution in [2.24, 2.45) is 0 Å². The van der Waals surface area contributed by atoms with Crippen LogP contribution < -0.4 is 19.7 Å². The van der Waals surface area contributed by atoms with Crippen molar-refractivity contribution >= 4 is 56.3 Å². The first-order valence-electron chi connectivity index (χ1n) is 11.5. The van der Waals surface area contributed by atoms with Gasteiger partial charge in [0.15, 0.2) is 11.5 Å². The lowest BCUT2D eigenvalue weighted by molar-refractivity contribution is -0.122. The third kappa shape index (κ3) is 5.01. The number of fused-ring (bicyclic) bond motifs is 1. The minimum Gasteiger partial charge on any atom is -0.493 e. The van der Waals surface area contributed by atoms with E-state index in [1.165, 1.54) is 25.3 Å². The van der Waals surface area contributed by atoms with Crippen LogP contribution in [0.15, 0.2) is 88.9 Å². The van der Waals surface area contributed by atoms with Crippen molar-refractivity contribution < 1.29 is 28.2 Å². The zero-order chi connectivity index (χ0) is 26.8. The molecule has 0 saturated carbocycles. The Kier molecular flexibility index (Phi) is 6.93. The minimum absolute atomic E-state index is 0.128. The summed E-state index contributed by atoms with van der Waals surface area (Å²) in [5, 5.41) is 4.38. The van der Waals surface area contributed by atoms with Gasteiger partial charge in [-0.3, -0.25) is 14.9 Å². The molecule has 1 fully saturated rings. The molecule has 0 aliphatic carbocycles. The molecule has 0 spiro atoms. The third-order valence-electron chi connectivity index (χ3n) is 5.95. The average molecular weight is 575 g/mol. The second-order valence-corrected chi connectivity index (χ2v) is 9.29. The topological polar surface area (TPSA) is 84.9 Å². The largest absolute Gasteiger partial charge is 0.493 e. The molecule has 0 radical (unpaired) electrons. The number of nitrogens with one attached hydrogen (secondary N) is 1. The van der Waals surface area contributed by atoms with Gasteiger partial charge in [0.25, 0.3) is 11.8 Å². The van der Waals surface area contributed by atoms with Gasteiger partial charge in [0.2, 0.25) is 0 Å². The first-order chi connectivity index (χ1) is 18.3. The molecule has 1 aliphatic heterocycles. The molecule has 38 heavy (non-hydrogen) atoms. The molecule has 1 saturated heterocycles. The van der Waals surface area contributed by atoms with Crippen molar-refractivity contribution in [3.8, 4) is 11.5 Å². The van der Waals surface area contributed by atoms with Crippen LogP contribution in [0.4, 0.5) is 14.9 Å². The molecule has 4 aromatic carbocycles. The normalized spacial score (nSPS) is 14.7. The number of urea groups is 1. The van der Waals surface area contributed by atoms with Gasteiger partial charge in [-0.25, -0.2) is 14.1 Å². The van der Waals surface area contributed by atoms with Crippen LogP contribution in [0.2, 0.25) is 0 Å². The van der Waals surface area contributed by atoms with Gasteiger partial charge < -0.3 is 9.47 Å². The van der Waals surface area contributed by atoms with Gasteiger partial charge in [0.05, 0.1) is 17.3 Å². The van der Waals surface area contributed by atoms with Gasteiger partial charge >= 0.3 is 6.03 Å². The van der Waals surface area contributed by atoms with Crippen LogP contribution in [0.3, 0.4) is 0 Å². The van der Waals surface area contributed by atoms with Gasteiger partial charge in [0, 0.05) is 0 Å². The quantitative estimate of drug-likeness (QED) is 0.226. The Morgan fingerprint density at radius 2 is 1.68 bits per heavy atom. The molecule has 0 bridgehead atoms. The van der Waals surface area contributed by atoms with E-state index < -0.39 is 23.7 Å². The number of rotatable bonds is 6. The Morgan fingerprint density at radius 3 is 2.42 bits per heavy atom. The van der Waals surface area contributed by atoms with E-state index in [4.69, 9.17) is 9.47 Å². The summed E-state index contributed by atoms with van der Waals surface area (Å²) in [7, 11) is 1.48. The van der Waals surface area contributed by atoms with E-state index in [0.29, 0.717) is 21.5 Å². The van der Waals surface area contributed by atoms with Crippen LogP contribution in [0.1, 0.15) is 11.1 Å². The lowest BCUT2D eigenvalue weighted by Gasteiger charge is -2.26. The van der Waals surface area contributed by atoms with Crippen LogP contribution in [-0.2, 0) is 16.2 Å². The molecule has 190 valence electrons. The Bertz CT molecular complexity index is 1620. The molecule has 9 heteroatoms. The Labute approximate surface area is 225 Å². The Morgan fingerprint density at radius 1 is 0.947 bits per heavy atom. The number of benzene rings is 4. The van der Waals surface area contributed by atoms with E-state index in [1.807, 2.05) is 36.4 Å². The van der Waals surface area contributed by atoms with E-state index in [0.717, 1.165) is 33.4 Å². The van der Waals surface area contributed by atoms with Gasteiger partial charge in [0.1, 0.15) is 18.0 Å². The number of anilines is 1. The van der Waals surface area contributed by atoms with Crippen molar-refractivity contribution in [3.05, 3.63) is 106 Å². The van der Waals surface area contributed by atoms with Crippen molar-refractivity contribution in [1.82, 2.24) is 5.32 Å². The summed E-state index contributed by atoms with van der Waals surface area (Å²) in [5.74, 6) is -1.38. The maximum atomic E-state index is 13.3. The van der Waals surface area contributed by atoms with Crippen LogP contribution in [-0.4, -0.2) is 25.0 Å². The maximum Gasteiger partial charge on any atom is 0.335 e. The number of ether oxygens (including phenoxy) is 2. The van der Waals surface area contributed by atoms with E-state index in [1.54, 1.807) is 12.1 Å². The van der Waals surface area contributed by atoms with Gasteiger partial charge in [-0.05, 0) is 86.4 Å². The summed E-state index contributed by atoms with van der Waals surface area (Å²) in [6, 6.07) is 21.3. The van der Waals surface area contributed by atoms with Crippen LogP contribution in [0.5, 0.6) is 11.5 Å². The van der Waals surface area contributed by atoms with Crippen LogP contribution in [0.25, 0.3) is 16.8 Å². The highest BCUT2D eigenvalue weighted by Crippen LogP contribution is 2.38. The van der Waals surface area contributed by atoms with Crippen molar-refractivity contribution in [1.29, 1.82) is 0 Å². The number of hydrogen-bond donors (Lipinski definition) is 1. The third-order valence-corrected chi connectivity index (χ3v) is 6.54. The first-order valence-corrected chi connectivity index (χ1v) is 12.3. The molecule has 1 aliphatic rings. The summed E-state index contributed by atoms with van der Waals surface area (Å²) in [4.78, 5) is 38.8. The molecule has 7 nitrogen and oxygen atoms in total. The zero-order valence-electron chi connectivity index (χ0n) is 20.0. The summed E-state index contributed by atoms with van der Waals surface area (Å²) < 4.78 is 25.4. The fourth-order valence-corrected chi connectivity index (χ4v) is 4.67. The fraction of sp³-hybridized carbons (Fsp3) is 0.0690. The van der Waals surface area contributed by atoms with Gasteiger partial charge in [-0.15, -0.1) is 0 Å². The van der Waals surface area contributed by atoms with Crippen molar-refractivity contribution in [3.63, 3.8) is 0 Å². The number of amides is 4. The molecular formula is C29H20BrFN2O5. The summed E-state index contributed by atoms with van der Waals surface area (Å²) in [6.07, 6.45) is 1.35. The van der Waals surface area contributed by atoms with Gasteiger partial charge in [-0.1, -0.05) is 36.4 Å². The van der Waals surface area contributed by atoms with Gasteiger partial charge in [-0.2, -0.15) is 0 Å². The molecule has 1 N–H and O–H groups in total. The molecule has 4 aromatic rings. The SMILES string of the molecule is COc1cc(/C=C2\C(=O)NC(=O)N(c3ccc(F)cc3)C2=O)cc(Br)c1OCc1ccc2ccccc2c1. The van der Waals surface area contributed by atoms with E-state index in [2.05, 4.69) is 27.3 Å². The molecule has 0 unspecified atom stereocenters. The lowest BCUT2D eigenvalue weighted by atomic mass is 10.1. The van der Waals surface area contributed by atoms with E-state index in [9.17, 15) is 18.8 Å². The molecule has 1 heterocycles. The Hall–Kier alpha value is -4.50.